The Morgan fingerprint density at radius 1 is 1.02 bits per heavy atom. The minimum atomic E-state index is -4.79. The molecule has 0 radical (unpaired) electrons. The molecule has 0 atom stereocenters. The first-order chi connectivity index (χ1) is 19.0. The fraction of sp³-hybridized carbons (Fsp3) is 0.292. The van der Waals surface area contributed by atoms with Crippen LogP contribution in [0.2, 0.25) is 0 Å². The highest BCUT2D eigenvalue weighted by molar-refractivity contribution is 7.92. The number of benzene rings is 2. The molecule has 1 aromatic heterocycles. The van der Waals surface area contributed by atoms with Crippen molar-refractivity contribution in [2.45, 2.75) is 19.1 Å². The normalized spacial score (nSPS) is 13.4. The molecule has 1 amide bonds. The lowest BCUT2D eigenvalue weighted by atomic mass is 10.1. The third-order valence-corrected chi connectivity index (χ3v) is 7.79. The lowest BCUT2D eigenvalue weighted by molar-refractivity contribution is -0.137. The summed E-state index contributed by atoms with van der Waals surface area (Å²) in [6, 6.07) is 9.26. The van der Waals surface area contributed by atoms with Crippen LogP contribution < -0.4 is 25.6 Å². The van der Waals surface area contributed by atoms with Crippen LogP contribution in [0.5, 0.6) is 0 Å². The number of carbonyl (C=O) groups is 1. The van der Waals surface area contributed by atoms with Crippen LogP contribution in [0.3, 0.4) is 0 Å². The number of rotatable bonds is 10. The largest absolute Gasteiger partial charge is 0.421 e. The van der Waals surface area contributed by atoms with Gasteiger partial charge in [-0.15, -0.1) is 0 Å². The van der Waals surface area contributed by atoms with Crippen LogP contribution >= 0.6 is 0 Å². The zero-order chi connectivity index (χ0) is 30.2. The van der Waals surface area contributed by atoms with E-state index < -0.39 is 43.3 Å². The number of alkyl halides is 3. The van der Waals surface area contributed by atoms with Crippen molar-refractivity contribution >= 4 is 60.3 Å². The molecule has 0 fully saturated rings. The Hall–Kier alpha value is -4.12. The van der Waals surface area contributed by atoms with Crippen molar-refractivity contribution in [2.75, 3.05) is 51.0 Å². The molecule has 0 bridgehead atoms. The Bertz CT molecular complexity index is 1710. The molecule has 4 rings (SSSR count). The predicted octanol–water partition coefficient (Wildman–Crippen LogP) is 3.16. The van der Waals surface area contributed by atoms with Crippen LogP contribution in [-0.2, 0) is 43.8 Å². The molecule has 0 saturated carbocycles. The number of halogens is 3. The average Bonchev–Trinajstić information content (AvgIpc) is 3.23. The molecule has 3 aromatic rings. The maximum Gasteiger partial charge on any atom is 0.421 e. The maximum atomic E-state index is 13.8. The van der Waals surface area contributed by atoms with Gasteiger partial charge in [0.1, 0.15) is 17.3 Å². The zero-order valence-electron chi connectivity index (χ0n) is 22.0. The Morgan fingerprint density at radius 2 is 1.76 bits per heavy atom. The summed E-state index contributed by atoms with van der Waals surface area (Å²) in [5, 5.41) is 10.8. The highest BCUT2D eigenvalue weighted by atomic mass is 32.2. The average molecular weight is 614 g/mol. The monoisotopic (exact) mass is 613 g/mol. The first kappa shape index (κ1) is 29.9. The minimum Gasteiger partial charge on any atom is -0.372 e. The quantitative estimate of drug-likeness (QED) is 0.267. The number of nitrogens with one attached hydrogen (secondary N) is 4. The van der Waals surface area contributed by atoms with Crippen molar-refractivity contribution in [3.05, 3.63) is 59.3 Å². The topological polar surface area (TPSA) is 162 Å². The van der Waals surface area contributed by atoms with E-state index in [-0.39, 0.29) is 36.2 Å². The smallest absolute Gasteiger partial charge is 0.372 e. The van der Waals surface area contributed by atoms with Crippen molar-refractivity contribution in [2.24, 2.45) is 0 Å². The number of hydrogen-bond donors (Lipinski definition) is 4. The van der Waals surface area contributed by atoms with E-state index in [1.165, 1.54) is 25.2 Å². The van der Waals surface area contributed by atoms with E-state index in [1.54, 1.807) is 18.2 Å². The summed E-state index contributed by atoms with van der Waals surface area (Å²) in [5.41, 5.74) is 1.43. The molecule has 2 heterocycles. The minimum absolute atomic E-state index is 0.140. The number of aromatic nitrogens is 2. The number of sulfonamides is 1. The second-order valence-corrected chi connectivity index (χ2v) is 13.5. The van der Waals surface area contributed by atoms with E-state index in [0.29, 0.717) is 28.7 Å². The molecule has 220 valence electrons. The van der Waals surface area contributed by atoms with Gasteiger partial charge in [-0.3, -0.25) is 9.10 Å². The summed E-state index contributed by atoms with van der Waals surface area (Å²) in [6.07, 6.45) is -2.01. The lowest BCUT2D eigenvalue weighted by Gasteiger charge is -2.20. The molecule has 0 aliphatic carbocycles. The van der Waals surface area contributed by atoms with Crippen molar-refractivity contribution in [3.8, 4) is 0 Å². The summed E-state index contributed by atoms with van der Waals surface area (Å²) in [7, 11) is -5.85. The van der Waals surface area contributed by atoms with Gasteiger partial charge in [0.05, 0.1) is 18.4 Å². The van der Waals surface area contributed by atoms with Gasteiger partial charge in [0.2, 0.25) is 21.9 Å². The SMILES string of the molecule is CN(c1cc(CNc2nc(Nc3ccc4c(c3)CC(=O)N4)ncc2C(F)(F)F)cc(NCS(C)(=O)=O)c1)S(C)(=O)=O. The van der Waals surface area contributed by atoms with Crippen molar-refractivity contribution in [3.63, 3.8) is 0 Å². The first-order valence-corrected chi connectivity index (χ1v) is 15.8. The number of amides is 1. The van der Waals surface area contributed by atoms with E-state index in [9.17, 15) is 34.8 Å². The number of hydrogen-bond acceptors (Lipinski definition) is 10. The van der Waals surface area contributed by atoms with Crippen LogP contribution in [0.25, 0.3) is 0 Å². The van der Waals surface area contributed by atoms with Gasteiger partial charge < -0.3 is 21.3 Å². The van der Waals surface area contributed by atoms with Crippen LogP contribution in [0.4, 0.5) is 47.7 Å². The van der Waals surface area contributed by atoms with Crippen LogP contribution in [0, 0.1) is 0 Å². The molecular formula is C24H26F3N7O5S2. The molecule has 0 saturated heterocycles. The van der Waals surface area contributed by atoms with E-state index in [4.69, 9.17) is 0 Å². The lowest BCUT2D eigenvalue weighted by Crippen LogP contribution is -2.25. The number of nitrogens with zero attached hydrogens (tertiary/aromatic N) is 3. The van der Waals surface area contributed by atoms with Gasteiger partial charge in [0.15, 0.2) is 9.84 Å². The summed E-state index contributed by atoms with van der Waals surface area (Å²) in [6.45, 7) is -0.231. The summed E-state index contributed by atoms with van der Waals surface area (Å²) in [5.74, 6) is -1.30. The first-order valence-electron chi connectivity index (χ1n) is 11.9. The van der Waals surface area contributed by atoms with Gasteiger partial charge in [-0.1, -0.05) is 0 Å². The second-order valence-electron chi connectivity index (χ2n) is 9.39. The molecule has 1 aliphatic rings. The molecule has 12 nitrogen and oxygen atoms in total. The standard InChI is InChI=1S/C24H26F3N7O5S2/c1-34(41(3,38)39)18-7-14(6-17(10-18)30-13-40(2,36)37)11-28-22-19(24(25,26)27)12-29-23(33-22)31-16-4-5-20-15(8-16)9-21(35)32-20/h4-8,10,12,30H,9,11,13H2,1-3H3,(H,32,35)(H2,28,29,31,33). The van der Waals surface area contributed by atoms with Gasteiger partial charge in [-0.05, 0) is 47.5 Å². The number of fused-ring (bicyclic) bond motifs is 1. The molecule has 0 spiro atoms. The highest BCUT2D eigenvalue weighted by Crippen LogP contribution is 2.35. The molecule has 1 aliphatic heterocycles. The molecule has 17 heteroatoms. The van der Waals surface area contributed by atoms with Gasteiger partial charge in [0.25, 0.3) is 0 Å². The van der Waals surface area contributed by atoms with E-state index in [0.717, 1.165) is 16.8 Å². The Balaban J connectivity index is 1.63. The Kier molecular flexibility index (Phi) is 8.04. The van der Waals surface area contributed by atoms with E-state index >= 15 is 0 Å². The van der Waals surface area contributed by atoms with Crippen molar-refractivity contribution in [1.82, 2.24) is 9.97 Å². The summed E-state index contributed by atoms with van der Waals surface area (Å²) < 4.78 is 89.7. The number of anilines is 6. The van der Waals surface area contributed by atoms with Crippen LogP contribution in [0.1, 0.15) is 16.7 Å². The molecule has 2 aromatic carbocycles. The third-order valence-electron chi connectivity index (χ3n) is 5.92. The molecular weight excluding hydrogens is 587 g/mol. The zero-order valence-corrected chi connectivity index (χ0v) is 23.6. The number of carbonyl (C=O) groups excluding carboxylic acids is 1. The molecule has 0 unspecified atom stereocenters. The van der Waals surface area contributed by atoms with E-state index in [1.807, 2.05) is 0 Å². The summed E-state index contributed by atoms with van der Waals surface area (Å²) in [4.78, 5) is 19.4. The molecule has 41 heavy (non-hydrogen) atoms. The second kappa shape index (κ2) is 11.0. The predicted molar refractivity (Wildman–Crippen MR) is 149 cm³/mol. The fourth-order valence-corrected chi connectivity index (χ4v) is 4.79. The Labute approximate surface area is 234 Å². The van der Waals surface area contributed by atoms with E-state index in [2.05, 4.69) is 31.2 Å². The van der Waals surface area contributed by atoms with Crippen molar-refractivity contribution < 1.29 is 34.8 Å². The van der Waals surface area contributed by atoms with Gasteiger partial charge in [-0.25, -0.2) is 21.8 Å². The fourth-order valence-electron chi connectivity index (χ4n) is 3.87. The third kappa shape index (κ3) is 7.75. The summed E-state index contributed by atoms with van der Waals surface area (Å²) >= 11 is 0. The Morgan fingerprint density at radius 3 is 2.41 bits per heavy atom. The van der Waals surface area contributed by atoms with Crippen LogP contribution in [0.15, 0.2) is 42.6 Å². The van der Waals surface area contributed by atoms with Gasteiger partial charge >= 0.3 is 6.18 Å². The highest BCUT2D eigenvalue weighted by Gasteiger charge is 2.35. The number of sulfone groups is 1. The van der Waals surface area contributed by atoms with Gasteiger partial charge in [-0.2, -0.15) is 18.2 Å². The molecule has 4 N–H and O–H groups in total. The van der Waals surface area contributed by atoms with Crippen LogP contribution in [-0.4, -0.2) is 58.1 Å². The van der Waals surface area contributed by atoms with Gasteiger partial charge in [0, 0.05) is 43.1 Å². The maximum absolute atomic E-state index is 13.8. The van der Waals surface area contributed by atoms with Crippen molar-refractivity contribution in [1.29, 1.82) is 0 Å².